The van der Waals surface area contributed by atoms with E-state index >= 15 is 0 Å². The molecule has 1 atom stereocenters. The van der Waals surface area contributed by atoms with Crippen LogP contribution >= 0.6 is 0 Å². The fourth-order valence-electron chi connectivity index (χ4n) is 2.47. The van der Waals surface area contributed by atoms with E-state index in [2.05, 4.69) is 5.32 Å². The van der Waals surface area contributed by atoms with E-state index in [1.54, 1.807) is 6.92 Å². The molecule has 0 spiro atoms. The van der Waals surface area contributed by atoms with Gasteiger partial charge in [-0.3, -0.25) is 9.59 Å². The number of hydrogen-bond acceptors (Lipinski definition) is 5. The average Bonchev–Trinajstić information content (AvgIpc) is 3.09. The summed E-state index contributed by atoms with van der Waals surface area (Å²) in [7, 11) is 0. The van der Waals surface area contributed by atoms with Crippen LogP contribution in [0.2, 0.25) is 0 Å². The summed E-state index contributed by atoms with van der Waals surface area (Å²) in [4.78, 5) is 36.8. The van der Waals surface area contributed by atoms with E-state index in [0.717, 1.165) is 5.56 Å². The number of carbonyl (C=O) groups excluding carboxylic acids is 3. The highest BCUT2D eigenvalue weighted by molar-refractivity contribution is 5.84. The Bertz CT molecular complexity index is 576. The Morgan fingerprint density at radius 3 is 2.67 bits per heavy atom. The molecule has 1 aliphatic rings. The maximum atomic E-state index is 12.0. The van der Waals surface area contributed by atoms with E-state index in [-0.39, 0.29) is 31.6 Å². The fourth-order valence-corrected chi connectivity index (χ4v) is 2.47. The van der Waals surface area contributed by atoms with Gasteiger partial charge in [-0.25, -0.2) is 4.79 Å². The minimum absolute atomic E-state index is 0.151. The van der Waals surface area contributed by atoms with E-state index in [1.165, 1.54) is 4.90 Å². The number of rotatable bonds is 6. The molecule has 1 aliphatic heterocycles. The number of hydrogen-bond donors (Lipinski definition) is 1. The molecule has 1 unspecified atom stereocenters. The number of nitrogens with one attached hydrogen (secondary N) is 1. The van der Waals surface area contributed by atoms with E-state index in [4.69, 9.17) is 9.47 Å². The minimum Gasteiger partial charge on any atom is -0.465 e. The third-order valence-electron chi connectivity index (χ3n) is 3.73. The van der Waals surface area contributed by atoms with Gasteiger partial charge in [0.15, 0.2) is 0 Å². The SMILES string of the molecule is CCOC(=O)CNC(=O)C1CCN(C(=O)OCc2ccccc2)C1. The van der Waals surface area contributed by atoms with Crippen molar-refractivity contribution in [1.29, 1.82) is 0 Å². The zero-order valence-electron chi connectivity index (χ0n) is 13.7. The molecule has 0 radical (unpaired) electrons. The molecule has 0 bridgehead atoms. The van der Waals surface area contributed by atoms with Crippen LogP contribution < -0.4 is 5.32 Å². The van der Waals surface area contributed by atoms with Crippen LogP contribution in [-0.4, -0.2) is 49.1 Å². The number of amides is 2. The fraction of sp³-hybridized carbons (Fsp3) is 0.471. The number of benzene rings is 1. The van der Waals surface area contributed by atoms with Gasteiger partial charge in [0, 0.05) is 13.1 Å². The molecule has 0 aliphatic carbocycles. The topological polar surface area (TPSA) is 84.9 Å². The Balaban J connectivity index is 1.72. The normalized spacial score (nSPS) is 16.5. The van der Waals surface area contributed by atoms with Crippen LogP contribution in [0.1, 0.15) is 18.9 Å². The van der Waals surface area contributed by atoms with Crippen LogP contribution in [0.25, 0.3) is 0 Å². The first-order chi connectivity index (χ1) is 11.6. The number of ether oxygens (including phenoxy) is 2. The Morgan fingerprint density at radius 1 is 1.21 bits per heavy atom. The molecular formula is C17H22N2O5. The Labute approximate surface area is 140 Å². The Hall–Kier alpha value is -2.57. The van der Waals surface area contributed by atoms with Crippen molar-refractivity contribution in [3.63, 3.8) is 0 Å². The highest BCUT2D eigenvalue weighted by Gasteiger charge is 2.32. The predicted molar refractivity (Wildman–Crippen MR) is 85.9 cm³/mol. The quantitative estimate of drug-likeness (QED) is 0.793. The summed E-state index contributed by atoms with van der Waals surface area (Å²) in [6, 6.07) is 9.41. The molecule has 1 N–H and O–H groups in total. The van der Waals surface area contributed by atoms with Crippen LogP contribution in [0.5, 0.6) is 0 Å². The second kappa shape index (κ2) is 8.90. The minimum atomic E-state index is -0.469. The molecule has 0 saturated carbocycles. The maximum Gasteiger partial charge on any atom is 0.410 e. The first-order valence-corrected chi connectivity index (χ1v) is 7.99. The highest BCUT2D eigenvalue weighted by Crippen LogP contribution is 2.17. The van der Waals surface area contributed by atoms with Crippen molar-refractivity contribution in [3.05, 3.63) is 35.9 Å². The summed E-state index contributed by atoms with van der Waals surface area (Å²) in [5, 5.41) is 2.53. The summed E-state index contributed by atoms with van der Waals surface area (Å²) in [6.07, 6.45) is 0.120. The molecule has 1 aromatic rings. The Morgan fingerprint density at radius 2 is 1.96 bits per heavy atom. The monoisotopic (exact) mass is 334 g/mol. The largest absolute Gasteiger partial charge is 0.465 e. The van der Waals surface area contributed by atoms with Crippen LogP contribution in [-0.2, 0) is 25.7 Å². The van der Waals surface area contributed by atoms with Gasteiger partial charge in [0.1, 0.15) is 13.2 Å². The third kappa shape index (κ3) is 5.26. The van der Waals surface area contributed by atoms with Crippen molar-refractivity contribution in [2.45, 2.75) is 20.0 Å². The molecule has 130 valence electrons. The summed E-state index contributed by atoms with van der Waals surface area (Å²) >= 11 is 0. The Kier molecular flexibility index (Phi) is 6.60. The molecule has 2 rings (SSSR count). The van der Waals surface area contributed by atoms with Crippen LogP contribution in [0.15, 0.2) is 30.3 Å². The van der Waals surface area contributed by atoms with Crippen molar-refractivity contribution in [1.82, 2.24) is 10.2 Å². The summed E-state index contributed by atoms with van der Waals surface area (Å²) in [5.74, 6) is -1.05. The first-order valence-electron chi connectivity index (χ1n) is 7.99. The molecule has 24 heavy (non-hydrogen) atoms. The van der Waals surface area contributed by atoms with Crippen molar-refractivity contribution in [2.24, 2.45) is 5.92 Å². The lowest BCUT2D eigenvalue weighted by Gasteiger charge is -2.16. The van der Waals surface area contributed by atoms with Crippen molar-refractivity contribution in [3.8, 4) is 0 Å². The molecule has 7 nitrogen and oxygen atoms in total. The summed E-state index contributed by atoms with van der Waals surface area (Å²) in [5.41, 5.74) is 0.911. The third-order valence-corrected chi connectivity index (χ3v) is 3.73. The van der Waals surface area contributed by atoms with Crippen LogP contribution in [0.3, 0.4) is 0 Å². The standard InChI is InChI=1S/C17H22N2O5/c1-2-23-15(20)10-18-16(21)14-8-9-19(11-14)17(22)24-12-13-6-4-3-5-7-13/h3-7,14H,2,8-12H2,1H3,(H,18,21). The molecule has 1 saturated heterocycles. The number of likely N-dealkylation sites (tertiary alicyclic amines) is 1. The molecule has 1 aromatic carbocycles. The van der Waals surface area contributed by atoms with E-state index in [0.29, 0.717) is 19.5 Å². The highest BCUT2D eigenvalue weighted by atomic mass is 16.6. The molecule has 7 heteroatoms. The van der Waals surface area contributed by atoms with E-state index in [1.807, 2.05) is 30.3 Å². The number of carbonyl (C=O) groups is 3. The molecular weight excluding hydrogens is 312 g/mol. The molecule has 1 heterocycles. The van der Waals surface area contributed by atoms with E-state index < -0.39 is 12.1 Å². The van der Waals surface area contributed by atoms with Crippen molar-refractivity contribution >= 4 is 18.0 Å². The lowest BCUT2D eigenvalue weighted by Crippen LogP contribution is -2.37. The van der Waals surface area contributed by atoms with Gasteiger partial charge in [-0.15, -0.1) is 0 Å². The van der Waals surface area contributed by atoms with Gasteiger partial charge in [-0.2, -0.15) is 0 Å². The van der Waals surface area contributed by atoms with E-state index in [9.17, 15) is 14.4 Å². The number of nitrogens with zero attached hydrogens (tertiary/aromatic N) is 1. The molecule has 0 aromatic heterocycles. The van der Waals surface area contributed by atoms with Gasteiger partial charge in [0.2, 0.25) is 5.91 Å². The van der Waals surface area contributed by atoms with Crippen molar-refractivity contribution in [2.75, 3.05) is 26.2 Å². The molecule has 1 fully saturated rings. The van der Waals surface area contributed by atoms with Crippen molar-refractivity contribution < 1.29 is 23.9 Å². The second-order valence-corrected chi connectivity index (χ2v) is 5.49. The zero-order valence-corrected chi connectivity index (χ0v) is 13.7. The van der Waals surface area contributed by atoms with Gasteiger partial charge < -0.3 is 19.7 Å². The molecule has 2 amide bonds. The van der Waals surface area contributed by atoms with Gasteiger partial charge in [0.05, 0.1) is 12.5 Å². The number of esters is 1. The van der Waals surface area contributed by atoms with Crippen LogP contribution in [0.4, 0.5) is 4.79 Å². The van der Waals surface area contributed by atoms with Gasteiger partial charge in [0.25, 0.3) is 0 Å². The first kappa shape index (κ1) is 17.8. The van der Waals surface area contributed by atoms with Gasteiger partial charge >= 0.3 is 12.1 Å². The summed E-state index contributed by atoms with van der Waals surface area (Å²) < 4.78 is 10.0. The smallest absolute Gasteiger partial charge is 0.410 e. The predicted octanol–water partition coefficient (Wildman–Crippen LogP) is 1.32. The lowest BCUT2D eigenvalue weighted by molar-refractivity contribution is -0.143. The summed E-state index contributed by atoms with van der Waals surface area (Å²) in [6.45, 7) is 2.79. The zero-order chi connectivity index (χ0) is 17.4. The lowest BCUT2D eigenvalue weighted by atomic mass is 10.1. The second-order valence-electron chi connectivity index (χ2n) is 5.49. The average molecular weight is 334 g/mol. The maximum absolute atomic E-state index is 12.0. The van der Waals surface area contributed by atoms with Gasteiger partial charge in [-0.05, 0) is 18.9 Å². The van der Waals surface area contributed by atoms with Crippen LogP contribution in [0, 0.1) is 5.92 Å². The van der Waals surface area contributed by atoms with Gasteiger partial charge in [-0.1, -0.05) is 30.3 Å².